The molecule has 3 rings (SSSR count). The first-order valence-corrected chi connectivity index (χ1v) is 9.33. The summed E-state index contributed by atoms with van der Waals surface area (Å²) >= 11 is 0. The molecule has 23 heavy (non-hydrogen) atoms. The number of hydrogen-bond donors (Lipinski definition) is 1. The molecule has 0 bridgehead atoms. The normalized spacial score (nSPS) is 15.6. The van der Waals surface area contributed by atoms with Crippen molar-refractivity contribution in [1.29, 1.82) is 0 Å². The first kappa shape index (κ1) is 16.3. The second-order valence-corrected chi connectivity index (χ2v) is 8.39. The average Bonchev–Trinajstić information content (AvgIpc) is 2.50. The third kappa shape index (κ3) is 3.38. The molecule has 0 aliphatic heterocycles. The predicted molar refractivity (Wildman–Crippen MR) is 88.8 cm³/mol. The van der Waals surface area contributed by atoms with E-state index in [1.807, 2.05) is 6.07 Å². The van der Waals surface area contributed by atoms with E-state index in [1.54, 1.807) is 18.5 Å². The van der Waals surface area contributed by atoms with Gasteiger partial charge in [0.05, 0.1) is 4.90 Å². The van der Waals surface area contributed by atoms with Crippen LogP contribution < -0.4 is 4.72 Å². The number of nitrogens with zero attached hydrogens (tertiary/aromatic N) is 1. The molecule has 0 amide bonds. The van der Waals surface area contributed by atoms with Crippen LogP contribution in [0.5, 0.6) is 0 Å². The lowest BCUT2D eigenvalue weighted by molar-refractivity contribution is 0.221. The van der Waals surface area contributed by atoms with Gasteiger partial charge in [0.2, 0.25) is 10.0 Å². The largest absolute Gasteiger partial charge is 0.264 e. The number of pyridine rings is 1. The molecule has 2 aromatic rings. The van der Waals surface area contributed by atoms with Gasteiger partial charge < -0.3 is 0 Å². The van der Waals surface area contributed by atoms with Crippen LogP contribution in [0.25, 0.3) is 10.8 Å². The van der Waals surface area contributed by atoms with Crippen molar-refractivity contribution in [3.63, 3.8) is 0 Å². The van der Waals surface area contributed by atoms with E-state index in [2.05, 4.69) is 9.71 Å². The highest BCUT2D eigenvalue weighted by atomic mass is 32.2. The Bertz CT molecular complexity index is 842. The maximum absolute atomic E-state index is 13.8. The topological polar surface area (TPSA) is 59.1 Å². The van der Waals surface area contributed by atoms with Gasteiger partial charge in [0, 0.05) is 29.7 Å². The Morgan fingerprint density at radius 2 is 2.04 bits per heavy atom. The van der Waals surface area contributed by atoms with Gasteiger partial charge in [0.1, 0.15) is 5.67 Å². The van der Waals surface area contributed by atoms with Crippen LogP contribution in [0.3, 0.4) is 0 Å². The van der Waals surface area contributed by atoms with E-state index < -0.39 is 15.7 Å². The van der Waals surface area contributed by atoms with Crippen molar-refractivity contribution in [2.45, 2.75) is 50.1 Å². The fraction of sp³-hybridized carbons (Fsp3) is 0.471. The van der Waals surface area contributed by atoms with Crippen LogP contribution in [0.1, 0.15) is 37.8 Å². The van der Waals surface area contributed by atoms with E-state index >= 15 is 0 Å². The number of rotatable bonds is 4. The van der Waals surface area contributed by atoms with E-state index in [0.717, 1.165) is 42.2 Å². The molecule has 0 fully saturated rings. The number of aryl methyl sites for hydroxylation is 1. The number of hydrogen-bond acceptors (Lipinski definition) is 3. The van der Waals surface area contributed by atoms with Crippen LogP contribution in [0.4, 0.5) is 4.39 Å². The molecule has 1 aromatic carbocycles. The zero-order valence-electron chi connectivity index (χ0n) is 13.4. The average molecular weight is 336 g/mol. The lowest BCUT2D eigenvalue weighted by Crippen LogP contribution is -2.36. The van der Waals surface area contributed by atoms with Gasteiger partial charge in [0.25, 0.3) is 0 Å². The Hall–Kier alpha value is -1.53. The van der Waals surface area contributed by atoms with Gasteiger partial charge in [-0.05, 0) is 62.8 Å². The molecule has 0 spiro atoms. The minimum Gasteiger partial charge on any atom is -0.264 e. The highest BCUT2D eigenvalue weighted by Gasteiger charge is 2.28. The van der Waals surface area contributed by atoms with Gasteiger partial charge in [-0.3, -0.25) is 4.98 Å². The summed E-state index contributed by atoms with van der Waals surface area (Å²) in [6, 6.07) is 3.76. The predicted octanol–water partition coefficient (Wildman–Crippen LogP) is 3.14. The van der Waals surface area contributed by atoms with Crippen molar-refractivity contribution in [3.05, 3.63) is 35.7 Å². The van der Waals surface area contributed by atoms with Crippen molar-refractivity contribution in [2.24, 2.45) is 0 Å². The van der Waals surface area contributed by atoms with Crippen molar-refractivity contribution in [3.8, 4) is 0 Å². The highest BCUT2D eigenvalue weighted by Crippen LogP contribution is 2.34. The van der Waals surface area contributed by atoms with E-state index in [4.69, 9.17) is 0 Å². The molecular weight excluding hydrogens is 315 g/mol. The van der Waals surface area contributed by atoms with Crippen molar-refractivity contribution < 1.29 is 12.8 Å². The summed E-state index contributed by atoms with van der Waals surface area (Å²) in [4.78, 5) is 4.40. The Labute approximate surface area is 136 Å². The van der Waals surface area contributed by atoms with Gasteiger partial charge in [-0.1, -0.05) is 0 Å². The summed E-state index contributed by atoms with van der Waals surface area (Å²) < 4.78 is 41.9. The van der Waals surface area contributed by atoms with E-state index in [9.17, 15) is 12.8 Å². The van der Waals surface area contributed by atoms with Crippen LogP contribution in [0, 0.1) is 0 Å². The van der Waals surface area contributed by atoms with Crippen molar-refractivity contribution in [1.82, 2.24) is 9.71 Å². The van der Waals surface area contributed by atoms with Crippen LogP contribution in [-0.4, -0.2) is 25.6 Å². The maximum atomic E-state index is 13.8. The summed E-state index contributed by atoms with van der Waals surface area (Å²) in [7, 11) is -3.78. The minimum atomic E-state index is -3.78. The summed E-state index contributed by atoms with van der Waals surface area (Å²) in [6.45, 7) is 2.47. The lowest BCUT2D eigenvalue weighted by atomic mass is 9.89. The van der Waals surface area contributed by atoms with E-state index in [1.165, 1.54) is 13.8 Å². The van der Waals surface area contributed by atoms with Gasteiger partial charge >= 0.3 is 0 Å². The molecule has 0 radical (unpaired) electrons. The maximum Gasteiger partial charge on any atom is 0.241 e. The van der Waals surface area contributed by atoms with Crippen LogP contribution in [0.15, 0.2) is 29.4 Å². The fourth-order valence-corrected chi connectivity index (χ4v) is 4.78. The smallest absolute Gasteiger partial charge is 0.241 e. The second kappa shape index (κ2) is 5.83. The second-order valence-electron chi connectivity index (χ2n) is 6.69. The van der Waals surface area contributed by atoms with E-state index in [0.29, 0.717) is 10.3 Å². The third-order valence-electron chi connectivity index (χ3n) is 4.16. The Balaban J connectivity index is 2.18. The summed E-state index contributed by atoms with van der Waals surface area (Å²) in [5.74, 6) is 0. The summed E-state index contributed by atoms with van der Waals surface area (Å²) in [5, 5.41) is 1.47. The number of benzene rings is 1. The van der Waals surface area contributed by atoms with Crippen LogP contribution in [-0.2, 0) is 22.9 Å². The molecular formula is C17H21FN2O2S. The monoisotopic (exact) mass is 336 g/mol. The molecule has 124 valence electrons. The Morgan fingerprint density at radius 3 is 2.78 bits per heavy atom. The number of sulfonamides is 1. The third-order valence-corrected chi connectivity index (χ3v) is 5.69. The number of nitrogens with one attached hydrogen (secondary N) is 1. The van der Waals surface area contributed by atoms with Gasteiger partial charge in [0.15, 0.2) is 0 Å². The van der Waals surface area contributed by atoms with Crippen molar-refractivity contribution >= 4 is 20.8 Å². The Morgan fingerprint density at radius 1 is 1.30 bits per heavy atom. The summed E-state index contributed by atoms with van der Waals surface area (Å²) in [6.07, 6.45) is 6.92. The first-order valence-electron chi connectivity index (χ1n) is 7.85. The van der Waals surface area contributed by atoms with E-state index in [-0.39, 0.29) is 6.54 Å². The summed E-state index contributed by atoms with van der Waals surface area (Å²) in [5.41, 5.74) is 0.343. The SMILES string of the molecule is CC(C)(F)CNS(=O)(=O)c1c2c(cc3cnccc13)CCCC2. The minimum absolute atomic E-state index is 0.244. The van der Waals surface area contributed by atoms with Gasteiger partial charge in [-0.15, -0.1) is 0 Å². The molecule has 1 aliphatic carbocycles. The lowest BCUT2D eigenvalue weighted by Gasteiger charge is -2.23. The molecule has 0 unspecified atom stereocenters. The fourth-order valence-electron chi connectivity index (χ4n) is 3.07. The Kier molecular flexibility index (Phi) is 4.14. The highest BCUT2D eigenvalue weighted by molar-refractivity contribution is 7.89. The molecule has 0 atom stereocenters. The van der Waals surface area contributed by atoms with Crippen LogP contribution >= 0.6 is 0 Å². The number of halogens is 1. The number of alkyl halides is 1. The quantitative estimate of drug-likeness (QED) is 0.933. The standard InChI is InChI=1S/C17H21FN2O2S/c1-17(2,18)11-20-23(21,22)16-14-6-4-3-5-12(14)9-13-10-19-8-7-15(13)16/h7-10,20H,3-6,11H2,1-2H3. The molecule has 1 N–H and O–H groups in total. The number of aromatic nitrogens is 1. The molecule has 1 aromatic heterocycles. The van der Waals surface area contributed by atoms with Crippen LogP contribution in [0.2, 0.25) is 0 Å². The molecule has 6 heteroatoms. The molecule has 4 nitrogen and oxygen atoms in total. The van der Waals surface area contributed by atoms with Gasteiger partial charge in [-0.2, -0.15) is 0 Å². The molecule has 1 heterocycles. The zero-order chi connectivity index (χ0) is 16.7. The van der Waals surface area contributed by atoms with Gasteiger partial charge in [-0.25, -0.2) is 17.5 Å². The molecule has 0 saturated carbocycles. The molecule has 0 saturated heterocycles. The first-order chi connectivity index (χ1) is 10.8. The number of fused-ring (bicyclic) bond motifs is 2. The van der Waals surface area contributed by atoms with Crippen molar-refractivity contribution in [2.75, 3.05) is 6.54 Å². The molecule has 1 aliphatic rings. The zero-order valence-corrected chi connectivity index (χ0v) is 14.2.